The highest BCUT2D eigenvalue weighted by atomic mass is 19.1. The van der Waals surface area contributed by atoms with Gasteiger partial charge in [-0.1, -0.05) is 12.8 Å². The maximum absolute atomic E-state index is 13.1. The second-order valence-electron chi connectivity index (χ2n) is 7.61. The molecule has 1 aromatic heterocycles. The Kier molecular flexibility index (Phi) is 6.25. The van der Waals surface area contributed by atoms with Crippen LogP contribution < -0.4 is 14.5 Å². The molecule has 30 heavy (non-hydrogen) atoms. The average molecular weight is 414 g/mol. The maximum atomic E-state index is 13.1. The number of ether oxygens (including phenoxy) is 1. The normalized spacial score (nSPS) is 17.6. The topological polar surface area (TPSA) is 74.7 Å². The lowest BCUT2D eigenvalue weighted by atomic mass is 10.2. The van der Waals surface area contributed by atoms with Crippen molar-refractivity contribution < 1.29 is 13.9 Å². The lowest BCUT2D eigenvalue weighted by molar-refractivity contribution is 0.0746. The second kappa shape index (κ2) is 9.23. The number of anilines is 2. The standard InChI is InChI=1S/C21H27FN6O2/c1-30-21-24-19(27-10-4-2-3-5-11-27)23-20(25-21)28-14-12-26(13-15-28)18(29)16-6-8-17(22)9-7-16/h6-9H,2-5,10-15H2,1H3. The minimum Gasteiger partial charge on any atom is -0.467 e. The molecule has 2 aliphatic rings. The van der Waals surface area contributed by atoms with Gasteiger partial charge in [0, 0.05) is 44.8 Å². The first kappa shape index (κ1) is 20.3. The number of carbonyl (C=O) groups excluding carboxylic acids is 1. The highest BCUT2D eigenvalue weighted by Gasteiger charge is 2.25. The van der Waals surface area contributed by atoms with Gasteiger partial charge >= 0.3 is 6.01 Å². The number of amides is 1. The lowest BCUT2D eigenvalue weighted by Gasteiger charge is -2.35. The predicted octanol–water partition coefficient (Wildman–Crippen LogP) is 2.36. The smallest absolute Gasteiger partial charge is 0.322 e. The van der Waals surface area contributed by atoms with Crippen molar-refractivity contribution in [2.24, 2.45) is 0 Å². The zero-order chi connectivity index (χ0) is 20.9. The van der Waals surface area contributed by atoms with Crippen molar-refractivity contribution in [2.75, 3.05) is 56.2 Å². The van der Waals surface area contributed by atoms with Gasteiger partial charge in [-0.25, -0.2) is 4.39 Å². The molecule has 8 nitrogen and oxygen atoms in total. The van der Waals surface area contributed by atoms with Crippen LogP contribution in [0.3, 0.4) is 0 Å². The molecule has 1 amide bonds. The molecule has 2 aliphatic heterocycles. The summed E-state index contributed by atoms with van der Waals surface area (Å²) in [5, 5.41) is 0. The number of aromatic nitrogens is 3. The number of piperazine rings is 1. The van der Waals surface area contributed by atoms with Crippen LogP contribution in [0, 0.1) is 5.82 Å². The Hall–Kier alpha value is -2.97. The molecule has 2 fully saturated rings. The molecule has 0 N–H and O–H groups in total. The second-order valence-corrected chi connectivity index (χ2v) is 7.61. The number of carbonyl (C=O) groups is 1. The predicted molar refractivity (Wildman–Crippen MR) is 112 cm³/mol. The molecule has 9 heteroatoms. The Labute approximate surface area is 175 Å². The first-order valence-corrected chi connectivity index (χ1v) is 10.5. The monoisotopic (exact) mass is 414 g/mol. The van der Waals surface area contributed by atoms with E-state index in [1.165, 1.54) is 37.1 Å². The third kappa shape index (κ3) is 4.60. The highest BCUT2D eigenvalue weighted by molar-refractivity contribution is 5.94. The Bertz CT molecular complexity index is 862. The molecule has 4 rings (SSSR count). The van der Waals surface area contributed by atoms with E-state index >= 15 is 0 Å². The first-order valence-electron chi connectivity index (χ1n) is 10.5. The van der Waals surface area contributed by atoms with Crippen molar-refractivity contribution in [3.8, 4) is 6.01 Å². The molecule has 0 unspecified atom stereocenters. The van der Waals surface area contributed by atoms with E-state index in [1.54, 1.807) is 12.0 Å². The van der Waals surface area contributed by atoms with Crippen LogP contribution >= 0.6 is 0 Å². The van der Waals surface area contributed by atoms with E-state index in [0.29, 0.717) is 49.6 Å². The van der Waals surface area contributed by atoms with Crippen LogP contribution in [0.15, 0.2) is 24.3 Å². The summed E-state index contributed by atoms with van der Waals surface area (Å²) in [7, 11) is 1.56. The van der Waals surface area contributed by atoms with Crippen LogP contribution in [-0.4, -0.2) is 72.1 Å². The number of rotatable bonds is 4. The number of hydrogen-bond acceptors (Lipinski definition) is 7. The molecule has 0 spiro atoms. The molecular formula is C21H27FN6O2. The quantitative estimate of drug-likeness (QED) is 0.760. The summed E-state index contributed by atoms with van der Waals surface area (Å²) in [4.78, 5) is 32.3. The minimum absolute atomic E-state index is 0.0897. The zero-order valence-electron chi connectivity index (χ0n) is 17.3. The van der Waals surface area contributed by atoms with Crippen molar-refractivity contribution >= 4 is 17.8 Å². The largest absolute Gasteiger partial charge is 0.467 e. The van der Waals surface area contributed by atoms with Gasteiger partial charge in [0.2, 0.25) is 11.9 Å². The van der Waals surface area contributed by atoms with E-state index in [1.807, 2.05) is 0 Å². The number of halogens is 1. The van der Waals surface area contributed by atoms with Crippen molar-refractivity contribution in [3.63, 3.8) is 0 Å². The highest BCUT2D eigenvalue weighted by Crippen LogP contribution is 2.22. The van der Waals surface area contributed by atoms with Crippen LogP contribution in [0.1, 0.15) is 36.0 Å². The fourth-order valence-corrected chi connectivity index (χ4v) is 3.86. The molecule has 3 heterocycles. The van der Waals surface area contributed by atoms with Crippen molar-refractivity contribution in [1.82, 2.24) is 19.9 Å². The summed E-state index contributed by atoms with van der Waals surface area (Å²) in [5.74, 6) is 0.798. The van der Waals surface area contributed by atoms with Gasteiger partial charge < -0.3 is 19.4 Å². The maximum Gasteiger partial charge on any atom is 0.322 e. The summed E-state index contributed by atoms with van der Waals surface area (Å²) < 4.78 is 18.4. The first-order chi connectivity index (χ1) is 14.6. The van der Waals surface area contributed by atoms with Gasteiger partial charge in [-0.15, -0.1) is 0 Å². The average Bonchev–Trinajstić information content (AvgIpc) is 3.08. The molecule has 0 bridgehead atoms. The number of benzene rings is 1. The molecule has 0 atom stereocenters. The van der Waals surface area contributed by atoms with Crippen LogP contribution in [-0.2, 0) is 0 Å². The van der Waals surface area contributed by atoms with E-state index in [4.69, 9.17) is 9.72 Å². The van der Waals surface area contributed by atoms with Crippen LogP contribution in [0.4, 0.5) is 16.3 Å². The van der Waals surface area contributed by atoms with E-state index in [9.17, 15) is 9.18 Å². The Morgan fingerprint density at radius 2 is 1.40 bits per heavy atom. The van der Waals surface area contributed by atoms with Crippen molar-refractivity contribution in [3.05, 3.63) is 35.6 Å². The van der Waals surface area contributed by atoms with Crippen molar-refractivity contribution in [1.29, 1.82) is 0 Å². The lowest BCUT2D eigenvalue weighted by Crippen LogP contribution is -2.49. The Balaban J connectivity index is 1.45. The van der Waals surface area contributed by atoms with E-state index in [-0.39, 0.29) is 11.7 Å². The van der Waals surface area contributed by atoms with Gasteiger partial charge in [0.05, 0.1) is 7.11 Å². The Morgan fingerprint density at radius 3 is 1.97 bits per heavy atom. The van der Waals surface area contributed by atoms with Crippen LogP contribution in [0.25, 0.3) is 0 Å². The minimum atomic E-state index is -0.347. The van der Waals surface area contributed by atoms with Gasteiger partial charge in [-0.3, -0.25) is 4.79 Å². The molecule has 2 saturated heterocycles. The van der Waals surface area contributed by atoms with E-state index in [0.717, 1.165) is 25.9 Å². The molecule has 0 radical (unpaired) electrons. The van der Waals surface area contributed by atoms with E-state index in [2.05, 4.69) is 19.8 Å². The van der Waals surface area contributed by atoms with Gasteiger partial charge in [0.25, 0.3) is 5.91 Å². The van der Waals surface area contributed by atoms with Crippen LogP contribution in [0.2, 0.25) is 0 Å². The zero-order valence-corrected chi connectivity index (χ0v) is 17.3. The summed E-state index contributed by atoms with van der Waals surface area (Å²) in [6, 6.07) is 5.97. The van der Waals surface area contributed by atoms with Gasteiger partial charge in [0.15, 0.2) is 0 Å². The molecular weight excluding hydrogens is 387 g/mol. The molecule has 160 valence electrons. The Morgan fingerprint density at radius 1 is 0.833 bits per heavy atom. The van der Waals surface area contributed by atoms with Gasteiger partial charge in [-0.2, -0.15) is 15.0 Å². The van der Waals surface area contributed by atoms with Crippen molar-refractivity contribution in [2.45, 2.75) is 25.7 Å². The molecule has 0 aliphatic carbocycles. The van der Waals surface area contributed by atoms with E-state index < -0.39 is 0 Å². The number of methoxy groups -OCH3 is 1. The summed E-state index contributed by atoms with van der Waals surface area (Å²) in [6.45, 7) is 4.19. The van der Waals surface area contributed by atoms with Gasteiger partial charge in [0.1, 0.15) is 5.82 Å². The molecule has 0 saturated carbocycles. The van der Waals surface area contributed by atoms with Crippen LogP contribution in [0.5, 0.6) is 6.01 Å². The fraction of sp³-hybridized carbons (Fsp3) is 0.524. The molecule has 2 aromatic rings. The number of hydrogen-bond donors (Lipinski definition) is 0. The third-order valence-electron chi connectivity index (χ3n) is 5.60. The fourth-order valence-electron chi connectivity index (χ4n) is 3.86. The summed E-state index contributed by atoms with van der Waals surface area (Å²) >= 11 is 0. The summed E-state index contributed by atoms with van der Waals surface area (Å²) in [6.07, 6.45) is 4.73. The third-order valence-corrected chi connectivity index (χ3v) is 5.60. The summed E-state index contributed by atoms with van der Waals surface area (Å²) in [5.41, 5.74) is 0.495. The number of nitrogens with zero attached hydrogens (tertiary/aromatic N) is 6. The SMILES string of the molecule is COc1nc(N2CCCCCC2)nc(N2CCN(C(=O)c3ccc(F)cc3)CC2)n1. The van der Waals surface area contributed by atoms with Gasteiger partial charge in [-0.05, 0) is 37.1 Å². The molecule has 1 aromatic carbocycles.